The zero-order chi connectivity index (χ0) is 11.6. The predicted octanol–water partition coefficient (Wildman–Crippen LogP) is 2.16. The van der Waals surface area contributed by atoms with Crippen LogP contribution >= 0.6 is 15.9 Å². The van der Waals surface area contributed by atoms with Gasteiger partial charge in [0.1, 0.15) is 6.29 Å². The highest BCUT2D eigenvalue weighted by Gasteiger charge is 2.13. The van der Waals surface area contributed by atoms with Crippen molar-refractivity contribution in [2.24, 2.45) is 0 Å². The van der Waals surface area contributed by atoms with Crippen molar-refractivity contribution >= 4 is 32.1 Å². The highest BCUT2D eigenvalue weighted by Crippen LogP contribution is 2.25. The number of rotatable bonds is 3. The number of aldehydes is 1. The van der Waals surface area contributed by atoms with Crippen molar-refractivity contribution in [2.75, 3.05) is 6.26 Å². The molecule has 0 aliphatic heterocycles. The summed E-state index contributed by atoms with van der Waals surface area (Å²) in [6.45, 7) is 1.76. The fourth-order valence-electron chi connectivity index (χ4n) is 1.18. The lowest BCUT2D eigenvalue weighted by Crippen LogP contribution is -2.00. The maximum atomic E-state index is 11.3. The fourth-order valence-corrected chi connectivity index (χ4v) is 3.19. The van der Waals surface area contributed by atoms with Crippen LogP contribution in [0.2, 0.25) is 0 Å². The van der Waals surface area contributed by atoms with E-state index < -0.39 is 9.84 Å². The fraction of sp³-hybridized carbons (Fsp3) is 0.300. The maximum absolute atomic E-state index is 11.3. The Labute approximate surface area is 97.5 Å². The minimum Gasteiger partial charge on any atom is -0.303 e. The Balaban J connectivity index is 3.26. The molecule has 0 bridgehead atoms. The number of sulfone groups is 1. The van der Waals surface area contributed by atoms with Crippen LogP contribution in [0.25, 0.3) is 0 Å². The molecule has 1 atom stereocenters. The molecule has 0 N–H and O–H groups in total. The summed E-state index contributed by atoms with van der Waals surface area (Å²) in [5.74, 6) is -0.227. The van der Waals surface area contributed by atoms with Crippen LogP contribution in [0.1, 0.15) is 18.4 Å². The van der Waals surface area contributed by atoms with E-state index in [-0.39, 0.29) is 10.8 Å². The number of carbonyl (C=O) groups excluding carboxylic acids is 1. The quantitative estimate of drug-likeness (QED) is 0.802. The van der Waals surface area contributed by atoms with E-state index in [2.05, 4.69) is 15.9 Å². The molecule has 0 aromatic heterocycles. The molecule has 0 aliphatic rings. The van der Waals surface area contributed by atoms with E-state index in [1.165, 1.54) is 6.07 Å². The lowest BCUT2D eigenvalue weighted by molar-refractivity contribution is -0.108. The Morgan fingerprint density at radius 2 is 2.00 bits per heavy atom. The van der Waals surface area contributed by atoms with E-state index in [1.54, 1.807) is 19.1 Å². The molecule has 0 saturated heterocycles. The lowest BCUT2D eigenvalue weighted by Gasteiger charge is -2.07. The second-order valence-corrected chi connectivity index (χ2v) is 6.23. The van der Waals surface area contributed by atoms with Gasteiger partial charge in [0.15, 0.2) is 9.84 Å². The van der Waals surface area contributed by atoms with Crippen LogP contribution < -0.4 is 0 Å². The molecule has 1 unspecified atom stereocenters. The van der Waals surface area contributed by atoms with Crippen molar-refractivity contribution in [1.29, 1.82) is 0 Å². The second kappa shape index (κ2) is 4.45. The Kier molecular flexibility index (Phi) is 3.67. The van der Waals surface area contributed by atoms with Crippen molar-refractivity contribution in [3.63, 3.8) is 0 Å². The third-order valence-corrected chi connectivity index (χ3v) is 4.16. The van der Waals surface area contributed by atoms with Crippen molar-refractivity contribution in [1.82, 2.24) is 0 Å². The van der Waals surface area contributed by atoms with Crippen LogP contribution in [0.3, 0.4) is 0 Å². The van der Waals surface area contributed by atoms with Gasteiger partial charge in [0.05, 0.1) is 4.90 Å². The summed E-state index contributed by atoms with van der Waals surface area (Å²) in [4.78, 5) is 10.8. The van der Waals surface area contributed by atoms with Crippen molar-refractivity contribution in [3.05, 3.63) is 28.2 Å². The van der Waals surface area contributed by atoms with Gasteiger partial charge < -0.3 is 4.79 Å². The van der Waals surface area contributed by atoms with Crippen LogP contribution in [0, 0.1) is 0 Å². The summed E-state index contributed by atoms with van der Waals surface area (Å²) >= 11 is 3.19. The molecule has 0 spiro atoms. The molecule has 0 amide bonds. The van der Waals surface area contributed by atoms with Gasteiger partial charge in [-0.2, -0.15) is 0 Å². The van der Waals surface area contributed by atoms with Crippen LogP contribution in [0.15, 0.2) is 27.6 Å². The topological polar surface area (TPSA) is 51.2 Å². The average Bonchev–Trinajstić information content (AvgIpc) is 2.14. The molecular formula is C10H11BrO3S. The largest absolute Gasteiger partial charge is 0.303 e. The first-order valence-corrected chi connectivity index (χ1v) is 6.99. The number of benzene rings is 1. The van der Waals surface area contributed by atoms with E-state index >= 15 is 0 Å². The normalized spacial score (nSPS) is 13.5. The third-order valence-electron chi connectivity index (χ3n) is 2.09. The predicted molar refractivity (Wildman–Crippen MR) is 61.7 cm³/mol. The van der Waals surface area contributed by atoms with Gasteiger partial charge in [0.25, 0.3) is 0 Å². The van der Waals surface area contributed by atoms with Crippen molar-refractivity contribution in [3.8, 4) is 0 Å². The van der Waals surface area contributed by atoms with Gasteiger partial charge in [-0.25, -0.2) is 8.42 Å². The van der Waals surface area contributed by atoms with Crippen LogP contribution in [0.5, 0.6) is 0 Å². The Bertz CT molecular complexity index is 479. The van der Waals surface area contributed by atoms with Gasteiger partial charge >= 0.3 is 0 Å². The van der Waals surface area contributed by atoms with Gasteiger partial charge in [0, 0.05) is 16.6 Å². The molecule has 0 heterocycles. The van der Waals surface area contributed by atoms with E-state index in [0.717, 1.165) is 18.1 Å². The maximum Gasteiger partial charge on any atom is 0.176 e. The molecule has 0 radical (unpaired) electrons. The lowest BCUT2D eigenvalue weighted by atomic mass is 10.0. The minimum absolute atomic E-state index is 0.227. The minimum atomic E-state index is -3.22. The number of halogens is 1. The van der Waals surface area contributed by atoms with Gasteiger partial charge in [-0.15, -0.1) is 0 Å². The van der Waals surface area contributed by atoms with E-state index in [4.69, 9.17) is 0 Å². The van der Waals surface area contributed by atoms with Gasteiger partial charge in [-0.05, 0) is 33.6 Å². The first-order chi connectivity index (χ1) is 6.86. The van der Waals surface area contributed by atoms with Crippen molar-refractivity contribution in [2.45, 2.75) is 17.7 Å². The smallest absolute Gasteiger partial charge is 0.176 e. The van der Waals surface area contributed by atoms with Gasteiger partial charge in [-0.3, -0.25) is 0 Å². The zero-order valence-electron chi connectivity index (χ0n) is 8.40. The summed E-state index contributed by atoms with van der Waals surface area (Å²) < 4.78 is 23.1. The van der Waals surface area contributed by atoms with Gasteiger partial charge in [0.2, 0.25) is 0 Å². The Morgan fingerprint density at radius 3 is 2.40 bits per heavy atom. The van der Waals surface area contributed by atoms with E-state index in [1.807, 2.05) is 0 Å². The van der Waals surface area contributed by atoms with Crippen LogP contribution in [-0.4, -0.2) is 21.0 Å². The Morgan fingerprint density at radius 1 is 1.40 bits per heavy atom. The second-order valence-electron chi connectivity index (χ2n) is 3.39. The molecule has 82 valence electrons. The molecule has 0 fully saturated rings. The first-order valence-electron chi connectivity index (χ1n) is 4.31. The van der Waals surface area contributed by atoms with Crippen LogP contribution in [0.4, 0.5) is 0 Å². The summed E-state index contributed by atoms with van der Waals surface area (Å²) in [7, 11) is -3.22. The molecule has 15 heavy (non-hydrogen) atoms. The first kappa shape index (κ1) is 12.4. The van der Waals surface area contributed by atoms with Gasteiger partial charge in [-0.1, -0.05) is 13.0 Å². The summed E-state index contributed by atoms with van der Waals surface area (Å²) in [6, 6.07) is 4.82. The monoisotopic (exact) mass is 290 g/mol. The average molecular weight is 291 g/mol. The number of hydrogen-bond acceptors (Lipinski definition) is 3. The van der Waals surface area contributed by atoms with Crippen molar-refractivity contribution < 1.29 is 13.2 Å². The van der Waals surface area contributed by atoms with E-state index in [0.29, 0.717) is 4.47 Å². The molecule has 1 aromatic carbocycles. The standard InChI is InChI=1S/C10H11BrO3S/c1-7(6-12)8-3-4-10(9(11)5-8)15(2,13)14/h3-7H,1-2H3. The number of hydrogen-bond donors (Lipinski definition) is 0. The summed E-state index contributed by atoms with van der Waals surface area (Å²) in [5.41, 5.74) is 0.796. The molecule has 0 saturated carbocycles. The highest BCUT2D eigenvalue weighted by atomic mass is 79.9. The highest BCUT2D eigenvalue weighted by molar-refractivity contribution is 9.10. The SMILES string of the molecule is CC(C=O)c1ccc(S(C)(=O)=O)c(Br)c1. The number of carbonyl (C=O) groups is 1. The Hall–Kier alpha value is -0.680. The molecule has 1 aromatic rings. The molecule has 3 nitrogen and oxygen atoms in total. The summed E-state index contributed by atoms with van der Waals surface area (Å²) in [6.07, 6.45) is 1.97. The molecule has 5 heteroatoms. The zero-order valence-corrected chi connectivity index (χ0v) is 10.8. The molecular weight excluding hydrogens is 280 g/mol. The third kappa shape index (κ3) is 2.89. The molecule has 0 aliphatic carbocycles. The summed E-state index contributed by atoms with van der Waals surface area (Å²) in [5, 5.41) is 0. The van der Waals surface area contributed by atoms with E-state index in [9.17, 15) is 13.2 Å². The molecule has 1 rings (SSSR count). The van der Waals surface area contributed by atoms with Crippen LogP contribution in [-0.2, 0) is 14.6 Å².